The van der Waals surface area contributed by atoms with E-state index < -0.39 is 0 Å². The SMILES string of the molecule is COCCNC(=O)C1=CC(NC(C)C)=NC1. The Balaban J connectivity index is 2.37. The van der Waals surface area contributed by atoms with Gasteiger partial charge in [-0.2, -0.15) is 0 Å². The van der Waals surface area contributed by atoms with Crippen LogP contribution in [0.2, 0.25) is 0 Å². The lowest BCUT2D eigenvalue weighted by molar-refractivity contribution is -0.117. The predicted octanol–water partition coefficient (Wildman–Crippen LogP) is 0.0855. The monoisotopic (exact) mass is 225 g/mol. The molecule has 16 heavy (non-hydrogen) atoms. The smallest absolute Gasteiger partial charge is 0.249 e. The third kappa shape index (κ3) is 4.02. The van der Waals surface area contributed by atoms with Crippen molar-refractivity contribution in [2.45, 2.75) is 19.9 Å². The molecule has 90 valence electrons. The molecule has 5 nitrogen and oxygen atoms in total. The van der Waals surface area contributed by atoms with Crippen molar-refractivity contribution in [3.05, 3.63) is 11.6 Å². The number of aliphatic imine (C=N–C) groups is 1. The van der Waals surface area contributed by atoms with Gasteiger partial charge in [0.2, 0.25) is 5.91 Å². The highest BCUT2D eigenvalue weighted by atomic mass is 16.5. The summed E-state index contributed by atoms with van der Waals surface area (Å²) in [7, 11) is 1.61. The summed E-state index contributed by atoms with van der Waals surface area (Å²) < 4.78 is 4.85. The molecule has 0 bridgehead atoms. The molecule has 0 radical (unpaired) electrons. The highest BCUT2D eigenvalue weighted by Gasteiger charge is 2.15. The average molecular weight is 225 g/mol. The van der Waals surface area contributed by atoms with E-state index in [0.29, 0.717) is 31.3 Å². The lowest BCUT2D eigenvalue weighted by Gasteiger charge is -2.06. The first-order chi connectivity index (χ1) is 7.63. The number of rotatable bonds is 5. The quantitative estimate of drug-likeness (QED) is 0.652. The van der Waals surface area contributed by atoms with Gasteiger partial charge in [-0.1, -0.05) is 0 Å². The number of nitrogens with one attached hydrogen (secondary N) is 2. The second-order valence-electron chi connectivity index (χ2n) is 3.92. The van der Waals surface area contributed by atoms with Gasteiger partial charge in [-0.3, -0.25) is 9.79 Å². The van der Waals surface area contributed by atoms with Crippen LogP contribution in [0, 0.1) is 0 Å². The van der Waals surface area contributed by atoms with E-state index >= 15 is 0 Å². The molecule has 0 atom stereocenters. The number of amides is 1. The van der Waals surface area contributed by atoms with Gasteiger partial charge in [-0.15, -0.1) is 0 Å². The Morgan fingerprint density at radius 2 is 2.38 bits per heavy atom. The van der Waals surface area contributed by atoms with Crippen molar-refractivity contribution in [2.24, 2.45) is 4.99 Å². The maximum Gasteiger partial charge on any atom is 0.249 e. The molecule has 0 saturated carbocycles. The minimum absolute atomic E-state index is 0.0682. The van der Waals surface area contributed by atoms with Crippen molar-refractivity contribution in [2.75, 3.05) is 26.8 Å². The molecule has 0 aliphatic carbocycles. The molecule has 0 saturated heterocycles. The highest BCUT2D eigenvalue weighted by molar-refractivity contribution is 6.06. The lowest BCUT2D eigenvalue weighted by atomic mass is 10.2. The van der Waals surface area contributed by atoms with E-state index in [9.17, 15) is 4.79 Å². The van der Waals surface area contributed by atoms with Crippen molar-refractivity contribution in [3.8, 4) is 0 Å². The molecule has 1 heterocycles. The van der Waals surface area contributed by atoms with Crippen molar-refractivity contribution in [1.29, 1.82) is 0 Å². The Bertz CT molecular complexity index is 308. The van der Waals surface area contributed by atoms with Crippen LogP contribution in [0.4, 0.5) is 0 Å². The van der Waals surface area contributed by atoms with Gasteiger partial charge in [0.15, 0.2) is 0 Å². The van der Waals surface area contributed by atoms with Gasteiger partial charge < -0.3 is 15.4 Å². The topological polar surface area (TPSA) is 62.7 Å². The van der Waals surface area contributed by atoms with Crippen molar-refractivity contribution in [1.82, 2.24) is 10.6 Å². The van der Waals surface area contributed by atoms with E-state index in [-0.39, 0.29) is 5.91 Å². The molecule has 0 aromatic rings. The molecular formula is C11H19N3O2. The number of carbonyl (C=O) groups excluding carboxylic acids is 1. The van der Waals surface area contributed by atoms with Gasteiger partial charge >= 0.3 is 0 Å². The normalized spacial score (nSPS) is 14.8. The van der Waals surface area contributed by atoms with Crippen LogP contribution in [0.15, 0.2) is 16.6 Å². The van der Waals surface area contributed by atoms with Crippen molar-refractivity contribution in [3.63, 3.8) is 0 Å². The van der Waals surface area contributed by atoms with Crippen LogP contribution in [-0.4, -0.2) is 44.6 Å². The summed E-state index contributed by atoms with van der Waals surface area (Å²) in [5.74, 6) is 0.716. The summed E-state index contributed by atoms with van der Waals surface area (Å²) in [5, 5.41) is 5.93. The molecule has 0 spiro atoms. The van der Waals surface area contributed by atoms with Crippen LogP contribution in [0.5, 0.6) is 0 Å². The molecule has 2 N–H and O–H groups in total. The number of nitrogens with zero attached hydrogens (tertiary/aromatic N) is 1. The van der Waals surface area contributed by atoms with E-state index in [4.69, 9.17) is 4.74 Å². The largest absolute Gasteiger partial charge is 0.383 e. The minimum atomic E-state index is -0.0682. The molecule has 1 amide bonds. The van der Waals surface area contributed by atoms with Crippen LogP contribution in [0.3, 0.4) is 0 Å². The Kier molecular flexibility index (Phi) is 4.98. The van der Waals surface area contributed by atoms with Crippen LogP contribution >= 0.6 is 0 Å². The molecule has 1 aliphatic heterocycles. The first-order valence-corrected chi connectivity index (χ1v) is 5.42. The summed E-state index contributed by atoms with van der Waals surface area (Å²) in [4.78, 5) is 15.8. The van der Waals surface area contributed by atoms with Crippen LogP contribution in [0.1, 0.15) is 13.8 Å². The van der Waals surface area contributed by atoms with Crippen molar-refractivity contribution >= 4 is 11.7 Å². The summed E-state index contributed by atoms with van der Waals surface area (Å²) in [6, 6.07) is 0.325. The molecule has 1 rings (SSSR count). The van der Waals surface area contributed by atoms with Crippen LogP contribution in [-0.2, 0) is 9.53 Å². The van der Waals surface area contributed by atoms with Gasteiger partial charge in [-0.05, 0) is 19.9 Å². The number of hydrogen-bond donors (Lipinski definition) is 2. The third-order valence-corrected chi connectivity index (χ3v) is 2.05. The molecule has 1 aliphatic rings. The maximum atomic E-state index is 11.6. The third-order valence-electron chi connectivity index (χ3n) is 2.05. The molecule has 0 unspecified atom stereocenters. The Morgan fingerprint density at radius 3 is 3.00 bits per heavy atom. The average Bonchev–Trinajstić information content (AvgIpc) is 2.65. The lowest BCUT2D eigenvalue weighted by Crippen LogP contribution is -2.29. The zero-order valence-corrected chi connectivity index (χ0v) is 10.0. The fourth-order valence-electron chi connectivity index (χ4n) is 1.33. The number of hydrogen-bond acceptors (Lipinski definition) is 4. The van der Waals surface area contributed by atoms with Crippen LogP contribution in [0.25, 0.3) is 0 Å². The summed E-state index contributed by atoms with van der Waals surface area (Å²) in [5.41, 5.74) is 0.694. The highest BCUT2D eigenvalue weighted by Crippen LogP contribution is 2.04. The van der Waals surface area contributed by atoms with Crippen LogP contribution < -0.4 is 10.6 Å². The number of ether oxygens (including phenoxy) is 1. The Hall–Kier alpha value is -1.36. The molecule has 5 heteroatoms. The van der Waals surface area contributed by atoms with Gasteiger partial charge in [0.05, 0.1) is 13.2 Å². The molecule has 0 fully saturated rings. The van der Waals surface area contributed by atoms with Crippen molar-refractivity contribution < 1.29 is 9.53 Å². The minimum Gasteiger partial charge on any atom is -0.383 e. The summed E-state index contributed by atoms with van der Waals surface area (Å²) in [6.45, 7) is 5.57. The van der Waals surface area contributed by atoms with Gasteiger partial charge in [0, 0.05) is 25.3 Å². The van der Waals surface area contributed by atoms with E-state index in [2.05, 4.69) is 15.6 Å². The van der Waals surface area contributed by atoms with E-state index in [0.717, 1.165) is 5.84 Å². The zero-order valence-electron chi connectivity index (χ0n) is 10.0. The Morgan fingerprint density at radius 1 is 1.62 bits per heavy atom. The zero-order chi connectivity index (χ0) is 12.0. The number of amidine groups is 1. The fourth-order valence-corrected chi connectivity index (χ4v) is 1.33. The van der Waals surface area contributed by atoms with Gasteiger partial charge in [0.1, 0.15) is 5.84 Å². The second kappa shape index (κ2) is 6.27. The molecule has 0 aromatic carbocycles. The second-order valence-corrected chi connectivity index (χ2v) is 3.92. The summed E-state index contributed by atoms with van der Waals surface area (Å²) >= 11 is 0. The first-order valence-electron chi connectivity index (χ1n) is 5.42. The van der Waals surface area contributed by atoms with E-state index in [1.54, 1.807) is 13.2 Å². The molecule has 0 aromatic heterocycles. The number of methoxy groups -OCH3 is 1. The maximum absolute atomic E-state index is 11.6. The van der Waals surface area contributed by atoms with Gasteiger partial charge in [-0.25, -0.2) is 0 Å². The standard InChI is InChI=1S/C11H19N3O2/c1-8(2)14-10-6-9(7-13-10)11(15)12-4-5-16-3/h6,8H,4-5,7H2,1-3H3,(H,12,15)(H,13,14). The number of carbonyl (C=O) groups is 1. The van der Waals surface area contributed by atoms with E-state index in [1.165, 1.54) is 0 Å². The fraction of sp³-hybridized carbons (Fsp3) is 0.636. The molecular weight excluding hydrogens is 206 g/mol. The first kappa shape index (κ1) is 12.7. The van der Waals surface area contributed by atoms with E-state index in [1.807, 2.05) is 13.8 Å². The Labute approximate surface area is 96.0 Å². The predicted molar refractivity (Wildman–Crippen MR) is 63.5 cm³/mol. The van der Waals surface area contributed by atoms with Gasteiger partial charge in [0.25, 0.3) is 0 Å². The summed E-state index contributed by atoms with van der Waals surface area (Å²) in [6.07, 6.45) is 1.79.